The molecule has 0 amide bonds. The van der Waals surface area contributed by atoms with Gasteiger partial charge >= 0.3 is 5.76 Å². The number of nitrogens with zero attached hydrogens (tertiary/aromatic N) is 3. The van der Waals surface area contributed by atoms with Crippen molar-refractivity contribution in [1.29, 1.82) is 0 Å². The van der Waals surface area contributed by atoms with Crippen LogP contribution < -0.4 is 5.76 Å². The van der Waals surface area contributed by atoms with Crippen LogP contribution in [0.15, 0.2) is 27.4 Å². The molecule has 25 heavy (non-hydrogen) atoms. The maximum absolute atomic E-state index is 12.1. The van der Waals surface area contributed by atoms with Gasteiger partial charge in [0.15, 0.2) is 15.4 Å². The minimum atomic E-state index is -2.86. The van der Waals surface area contributed by atoms with Crippen molar-refractivity contribution in [2.75, 3.05) is 37.7 Å². The van der Waals surface area contributed by atoms with Crippen LogP contribution in [-0.2, 0) is 16.5 Å². The highest BCUT2D eigenvalue weighted by atomic mass is 35.5. The molecule has 1 unspecified atom stereocenters. The maximum Gasteiger partial charge on any atom is 0.421 e. The van der Waals surface area contributed by atoms with E-state index in [0.717, 1.165) is 32.6 Å². The zero-order valence-corrected chi connectivity index (χ0v) is 15.3. The number of benzene rings is 1. The predicted molar refractivity (Wildman–Crippen MR) is 95.7 cm³/mol. The van der Waals surface area contributed by atoms with E-state index in [2.05, 4.69) is 9.80 Å². The second-order valence-electron chi connectivity index (χ2n) is 6.76. The van der Waals surface area contributed by atoms with Gasteiger partial charge < -0.3 is 4.42 Å². The van der Waals surface area contributed by atoms with E-state index in [1.807, 2.05) is 0 Å². The molecule has 0 aliphatic carbocycles. The number of sulfone groups is 1. The predicted octanol–water partition coefficient (Wildman–Crippen LogP) is 1.01. The fourth-order valence-corrected chi connectivity index (χ4v) is 5.63. The first kappa shape index (κ1) is 17.1. The summed E-state index contributed by atoms with van der Waals surface area (Å²) in [4.78, 5) is 16.6. The van der Waals surface area contributed by atoms with E-state index in [0.29, 0.717) is 28.5 Å². The van der Waals surface area contributed by atoms with E-state index in [4.69, 9.17) is 16.0 Å². The Bertz CT molecular complexity index is 944. The van der Waals surface area contributed by atoms with E-state index >= 15 is 0 Å². The molecule has 9 heteroatoms. The van der Waals surface area contributed by atoms with E-state index in [1.54, 1.807) is 22.8 Å². The molecule has 2 fully saturated rings. The van der Waals surface area contributed by atoms with Crippen LogP contribution in [0.2, 0.25) is 5.02 Å². The first-order valence-electron chi connectivity index (χ1n) is 8.37. The molecule has 2 aliphatic rings. The Kier molecular flexibility index (Phi) is 4.39. The highest BCUT2D eigenvalue weighted by Crippen LogP contribution is 2.21. The number of halogens is 1. The molecular formula is C16H20ClN3O4S. The molecule has 2 aliphatic heterocycles. The number of oxazole rings is 1. The Hall–Kier alpha value is -1.35. The molecule has 1 aromatic heterocycles. The molecule has 2 aromatic rings. The van der Waals surface area contributed by atoms with Gasteiger partial charge in [-0.25, -0.2) is 13.2 Å². The van der Waals surface area contributed by atoms with E-state index in [9.17, 15) is 13.2 Å². The van der Waals surface area contributed by atoms with Crippen LogP contribution in [0, 0.1) is 0 Å². The van der Waals surface area contributed by atoms with Crippen molar-refractivity contribution >= 4 is 32.5 Å². The van der Waals surface area contributed by atoms with Crippen molar-refractivity contribution < 1.29 is 12.8 Å². The Balaban J connectivity index is 1.43. The summed E-state index contributed by atoms with van der Waals surface area (Å²) in [6.45, 7) is 3.65. The number of hydrogen-bond donors (Lipinski definition) is 0. The van der Waals surface area contributed by atoms with Crippen molar-refractivity contribution in [3.8, 4) is 0 Å². The smallest absolute Gasteiger partial charge is 0.408 e. The third kappa shape index (κ3) is 3.48. The summed E-state index contributed by atoms with van der Waals surface area (Å²) in [6, 6.07) is 5.28. The summed E-state index contributed by atoms with van der Waals surface area (Å²) >= 11 is 6.03. The quantitative estimate of drug-likeness (QED) is 0.785. The third-order valence-corrected chi connectivity index (χ3v) is 7.09. The average Bonchev–Trinajstić information content (AvgIpc) is 3.08. The summed E-state index contributed by atoms with van der Waals surface area (Å²) in [5, 5.41) is 0.564. The lowest BCUT2D eigenvalue weighted by molar-refractivity contribution is 0.0839. The molecule has 0 bridgehead atoms. The summed E-state index contributed by atoms with van der Waals surface area (Å²) in [5.74, 6) is 0.188. The Morgan fingerprint density at radius 2 is 1.96 bits per heavy atom. The number of aromatic nitrogens is 1. The normalized spacial score (nSPS) is 24.9. The van der Waals surface area contributed by atoms with Crippen LogP contribution >= 0.6 is 11.6 Å². The first-order valence-corrected chi connectivity index (χ1v) is 10.6. The fourth-order valence-electron chi connectivity index (χ4n) is 3.70. The Morgan fingerprint density at radius 3 is 2.64 bits per heavy atom. The van der Waals surface area contributed by atoms with Crippen molar-refractivity contribution in [3.05, 3.63) is 33.8 Å². The second kappa shape index (κ2) is 6.42. The van der Waals surface area contributed by atoms with Gasteiger partial charge in [-0.2, -0.15) is 0 Å². The van der Waals surface area contributed by atoms with Crippen molar-refractivity contribution in [2.45, 2.75) is 19.1 Å². The molecule has 0 N–H and O–H groups in total. The molecule has 2 saturated heterocycles. The first-order chi connectivity index (χ1) is 11.9. The van der Waals surface area contributed by atoms with Crippen LogP contribution in [0.5, 0.6) is 0 Å². The van der Waals surface area contributed by atoms with E-state index < -0.39 is 9.84 Å². The van der Waals surface area contributed by atoms with Gasteiger partial charge in [-0.15, -0.1) is 0 Å². The lowest BCUT2D eigenvalue weighted by Crippen LogP contribution is -2.51. The van der Waals surface area contributed by atoms with E-state index in [-0.39, 0.29) is 17.6 Å². The number of piperazine rings is 1. The minimum Gasteiger partial charge on any atom is -0.408 e. The average molecular weight is 386 g/mol. The molecular weight excluding hydrogens is 366 g/mol. The van der Waals surface area contributed by atoms with Gasteiger partial charge in [0.2, 0.25) is 0 Å². The fraction of sp³-hybridized carbons (Fsp3) is 0.562. The molecule has 0 radical (unpaired) electrons. The molecule has 7 nitrogen and oxygen atoms in total. The van der Waals surface area contributed by atoms with Gasteiger partial charge in [0, 0.05) is 37.2 Å². The molecule has 0 spiro atoms. The summed E-state index contributed by atoms with van der Waals surface area (Å²) in [5.41, 5.74) is 1.23. The zero-order valence-electron chi connectivity index (χ0n) is 13.7. The highest BCUT2D eigenvalue weighted by Gasteiger charge is 2.33. The minimum absolute atomic E-state index is 0.142. The zero-order chi connectivity index (χ0) is 17.6. The monoisotopic (exact) mass is 385 g/mol. The maximum atomic E-state index is 12.1. The Labute approximate surface area is 150 Å². The van der Waals surface area contributed by atoms with Gasteiger partial charge in [0.05, 0.1) is 23.7 Å². The largest absolute Gasteiger partial charge is 0.421 e. The van der Waals surface area contributed by atoms with Crippen molar-refractivity contribution in [3.63, 3.8) is 0 Å². The molecule has 136 valence electrons. The van der Waals surface area contributed by atoms with Gasteiger partial charge in [-0.1, -0.05) is 11.6 Å². The van der Waals surface area contributed by atoms with Gasteiger partial charge in [0.25, 0.3) is 0 Å². The summed E-state index contributed by atoms with van der Waals surface area (Å²) < 4.78 is 30.2. The standard InChI is InChI=1S/C16H20ClN3O4S/c17-12-1-2-15-14(9-12)20(16(21)24-15)11-18-4-6-19(7-5-18)13-3-8-25(22,23)10-13/h1-2,9,13H,3-8,10-11H2. The van der Waals surface area contributed by atoms with Crippen LogP contribution in [0.25, 0.3) is 11.1 Å². The molecule has 1 atom stereocenters. The van der Waals surface area contributed by atoms with Gasteiger partial charge in [0.1, 0.15) is 0 Å². The lowest BCUT2D eigenvalue weighted by atomic mass is 10.2. The molecule has 3 heterocycles. The summed E-state index contributed by atoms with van der Waals surface area (Å²) in [7, 11) is -2.86. The second-order valence-corrected chi connectivity index (χ2v) is 9.43. The Morgan fingerprint density at radius 1 is 1.20 bits per heavy atom. The van der Waals surface area contributed by atoms with Gasteiger partial charge in [-0.05, 0) is 24.6 Å². The number of hydrogen-bond acceptors (Lipinski definition) is 6. The van der Waals surface area contributed by atoms with Crippen molar-refractivity contribution in [1.82, 2.24) is 14.4 Å². The molecule has 1 aromatic carbocycles. The molecule has 0 saturated carbocycles. The topological polar surface area (TPSA) is 75.8 Å². The van der Waals surface area contributed by atoms with Crippen LogP contribution in [-0.4, -0.2) is 66.5 Å². The van der Waals surface area contributed by atoms with Crippen LogP contribution in [0.1, 0.15) is 6.42 Å². The van der Waals surface area contributed by atoms with Crippen molar-refractivity contribution in [2.24, 2.45) is 0 Å². The third-order valence-electron chi connectivity index (χ3n) is 5.10. The van der Waals surface area contributed by atoms with Crippen LogP contribution in [0.4, 0.5) is 0 Å². The van der Waals surface area contributed by atoms with E-state index in [1.165, 1.54) is 0 Å². The van der Waals surface area contributed by atoms with Crippen LogP contribution in [0.3, 0.4) is 0 Å². The lowest BCUT2D eigenvalue weighted by Gasteiger charge is -2.37. The molecule has 4 rings (SSSR count). The number of fused-ring (bicyclic) bond motifs is 1. The highest BCUT2D eigenvalue weighted by molar-refractivity contribution is 7.91. The SMILES string of the molecule is O=c1oc2ccc(Cl)cc2n1CN1CCN(C2CCS(=O)(=O)C2)CC1. The van der Waals surface area contributed by atoms with Gasteiger partial charge in [-0.3, -0.25) is 14.4 Å². The number of rotatable bonds is 3. The summed E-state index contributed by atoms with van der Waals surface area (Å²) in [6.07, 6.45) is 0.729.